The van der Waals surface area contributed by atoms with Gasteiger partial charge in [0.05, 0.1) is 25.8 Å². The summed E-state index contributed by atoms with van der Waals surface area (Å²) in [5, 5.41) is 17.6. The van der Waals surface area contributed by atoms with Gasteiger partial charge in [-0.25, -0.2) is 0 Å². The van der Waals surface area contributed by atoms with Crippen molar-refractivity contribution in [2.75, 3.05) is 6.61 Å². The van der Waals surface area contributed by atoms with Crippen LogP contribution >= 0.6 is 11.8 Å². The summed E-state index contributed by atoms with van der Waals surface area (Å²) in [7, 11) is 5.53. The number of hydrogen-bond acceptors (Lipinski definition) is 3. The molecule has 1 aliphatic rings. The fraction of sp³-hybridized carbons (Fsp3) is 0.667. The third-order valence-electron chi connectivity index (χ3n) is 1.60. The molecule has 1 heterocycles. The zero-order valence-electron chi connectivity index (χ0n) is 5.53. The highest BCUT2D eigenvalue weighted by Crippen LogP contribution is 2.34. The molecule has 54 valence electrons. The predicted octanol–water partition coefficient (Wildman–Crippen LogP) is -0.494. The molecule has 2 radical (unpaired) electrons. The van der Waals surface area contributed by atoms with Gasteiger partial charge in [-0.15, -0.1) is 0 Å². The van der Waals surface area contributed by atoms with Crippen LogP contribution in [0.25, 0.3) is 0 Å². The summed E-state index contributed by atoms with van der Waals surface area (Å²) in [4.78, 5) is 0. The van der Waals surface area contributed by atoms with Gasteiger partial charge < -0.3 is 10.2 Å². The largest absolute Gasteiger partial charge is 0.395 e. The molecule has 1 fully saturated rings. The highest BCUT2D eigenvalue weighted by atomic mass is 32.2. The van der Waals surface area contributed by atoms with Gasteiger partial charge in [0.15, 0.2) is 0 Å². The average Bonchev–Trinajstić information content (AvgIpc) is 2.17. The summed E-state index contributed by atoms with van der Waals surface area (Å²) in [5.41, 5.74) is 0.615. The van der Waals surface area contributed by atoms with Crippen LogP contribution in [0.1, 0.15) is 0 Å². The normalized spacial score (nSPS) is 40.6. The Bertz CT molecular complexity index is 151. The molecule has 0 aromatic rings. The van der Waals surface area contributed by atoms with Crippen molar-refractivity contribution < 1.29 is 10.2 Å². The minimum absolute atomic E-state index is 0.0431. The Hall–Kier alpha value is 0.0749. The second-order valence-electron chi connectivity index (χ2n) is 2.30. The third kappa shape index (κ3) is 1.24. The number of hydrogen-bond donors (Lipinski definition) is 2. The molecule has 2 nitrogen and oxygen atoms in total. The standard InChI is InChI=1S/C6H9BO2S/c1-3-5(9)4(2-8)10-6(3)7/h4-6,8-9H,1-2H2/t4-,5+,6?/m1/s1. The Labute approximate surface area is 65.7 Å². The van der Waals surface area contributed by atoms with Crippen LogP contribution < -0.4 is 0 Å². The summed E-state index contributed by atoms with van der Waals surface area (Å²) in [6.07, 6.45) is -0.634. The zero-order valence-corrected chi connectivity index (χ0v) is 6.34. The van der Waals surface area contributed by atoms with Crippen molar-refractivity contribution in [3.05, 3.63) is 12.2 Å². The van der Waals surface area contributed by atoms with E-state index in [1.165, 1.54) is 11.8 Å². The lowest BCUT2D eigenvalue weighted by Crippen LogP contribution is -2.22. The molecule has 0 amide bonds. The fourth-order valence-electron chi connectivity index (χ4n) is 0.900. The Kier molecular flexibility index (Phi) is 2.44. The number of rotatable bonds is 1. The first-order valence-corrected chi connectivity index (χ1v) is 3.99. The van der Waals surface area contributed by atoms with Crippen molar-refractivity contribution in [1.29, 1.82) is 0 Å². The lowest BCUT2D eigenvalue weighted by atomic mass is 9.93. The van der Waals surface area contributed by atoms with Gasteiger partial charge in [0, 0.05) is 0 Å². The molecule has 1 rings (SSSR count). The van der Waals surface area contributed by atoms with E-state index < -0.39 is 6.10 Å². The quantitative estimate of drug-likeness (QED) is 0.397. The average molecular weight is 156 g/mol. The first kappa shape index (κ1) is 8.17. The zero-order chi connectivity index (χ0) is 7.72. The van der Waals surface area contributed by atoms with E-state index in [4.69, 9.17) is 13.0 Å². The number of thioether (sulfide) groups is 1. The predicted molar refractivity (Wildman–Crippen MR) is 43.2 cm³/mol. The summed E-state index contributed by atoms with van der Waals surface area (Å²) >= 11 is 1.36. The second-order valence-corrected chi connectivity index (χ2v) is 3.68. The van der Waals surface area contributed by atoms with E-state index in [1.807, 2.05) is 0 Å². The van der Waals surface area contributed by atoms with Crippen molar-refractivity contribution in [3.63, 3.8) is 0 Å². The Morgan fingerprint density at radius 3 is 2.50 bits per heavy atom. The highest BCUT2D eigenvalue weighted by Gasteiger charge is 2.33. The van der Waals surface area contributed by atoms with E-state index in [2.05, 4.69) is 6.58 Å². The molecule has 4 heteroatoms. The van der Waals surface area contributed by atoms with Gasteiger partial charge in [-0.3, -0.25) is 0 Å². The molecule has 0 aliphatic carbocycles. The van der Waals surface area contributed by atoms with Gasteiger partial charge in [-0.1, -0.05) is 6.58 Å². The summed E-state index contributed by atoms with van der Waals surface area (Å²) < 4.78 is 0. The molecule has 3 atom stereocenters. The van der Waals surface area contributed by atoms with Crippen LogP contribution in [0.4, 0.5) is 0 Å². The van der Waals surface area contributed by atoms with Crippen LogP contribution in [0.5, 0.6) is 0 Å². The molecular formula is C6H9BO2S. The molecule has 1 saturated heterocycles. The molecule has 0 bridgehead atoms. The minimum Gasteiger partial charge on any atom is -0.395 e. The van der Waals surface area contributed by atoms with E-state index in [0.717, 1.165) is 0 Å². The Balaban J connectivity index is 2.61. The number of aliphatic hydroxyl groups is 2. The first-order chi connectivity index (χ1) is 4.66. The van der Waals surface area contributed by atoms with Crippen molar-refractivity contribution in [2.45, 2.75) is 16.5 Å². The van der Waals surface area contributed by atoms with Gasteiger partial charge >= 0.3 is 0 Å². The van der Waals surface area contributed by atoms with E-state index in [1.54, 1.807) is 0 Å². The van der Waals surface area contributed by atoms with Crippen molar-refractivity contribution in [2.24, 2.45) is 0 Å². The Morgan fingerprint density at radius 1 is 1.70 bits per heavy atom. The maximum Gasteiger partial charge on any atom is 0.0908 e. The van der Waals surface area contributed by atoms with E-state index in [-0.39, 0.29) is 17.0 Å². The topological polar surface area (TPSA) is 40.5 Å². The monoisotopic (exact) mass is 156 g/mol. The van der Waals surface area contributed by atoms with E-state index >= 15 is 0 Å². The smallest absolute Gasteiger partial charge is 0.0908 e. The molecule has 0 spiro atoms. The molecule has 0 aromatic heterocycles. The lowest BCUT2D eigenvalue weighted by molar-refractivity contribution is 0.174. The van der Waals surface area contributed by atoms with Gasteiger partial charge in [-0.05, 0) is 10.7 Å². The maximum atomic E-state index is 9.27. The molecular weight excluding hydrogens is 147 g/mol. The molecule has 1 aliphatic heterocycles. The van der Waals surface area contributed by atoms with Gasteiger partial charge in [0.25, 0.3) is 0 Å². The number of aliphatic hydroxyl groups excluding tert-OH is 2. The van der Waals surface area contributed by atoms with Crippen LogP contribution in [-0.2, 0) is 0 Å². The SMILES string of the molecule is [B]C1S[C@H](CO)[C@@H](O)C1=C. The fourth-order valence-corrected chi connectivity index (χ4v) is 2.00. The molecule has 0 aromatic carbocycles. The van der Waals surface area contributed by atoms with E-state index in [0.29, 0.717) is 5.57 Å². The molecule has 1 unspecified atom stereocenters. The van der Waals surface area contributed by atoms with Gasteiger partial charge in [-0.2, -0.15) is 11.8 Å². The Morgan fingerprint density at radius 2 is 2.30 bits per heavy atom. The first-order valence-electron chi connectivity index (χ1n) is 3.05. The molecule has 2 N–H and O–H groups in total. The minimum atomic E-state index is -0.634. The van der Waals surface area contributed by atoms with Crippen LogP contribution in [0, 0.1) is 0 Å². The molecule has 10 heavy (non-hydrogen) atoms. The summed E-state index contributed by atoms with van der Waals surface area (Å²) in [5.74, 6) is 0. The lowest BCUT2D eigenvalue weighted by Gasteiger charge is -2.08. The van der Waals surface area contributed by atoms with Gasteiger partial charge in [0.2, 0.25) is 0 Å². The highest BCUT2D eigenvalue weighted by molar-refractivity contribution is 8.02. The van der Waals surface area contributed by atoms with Crippen molar-refractivity contribution in [1.82, 2.24) is 0 Å². The van der Waals surface area contributed by atoms with Crippen LogP contribution in [0.15, 0.2) is 12.2 Å². The summed E-state index contributed by atoms with van der Waals surface area (Å²) in [6.45, 7) is 3.56. The van der Waals surface area contributed by atoms with Crippen LogP contribution in [-0.4, -0.2) is 41.2 Å². The van der Waals surface area contributed by atoms with Crippen LogP contribution in [0.2, 0.25) is 0 Å². The third-order valence-corrected chi connectivity index (χ3v) is 2.95. The van der Waals surface area contributed by atoms with Crippen molar-refractivity contribution >= 4 is 19.6 Å². The van der Waals surface area contributed by atoms with E-state index in [9.17, 15) is 5.11 Å². The van der Waals surface area contributed by atoms with Crippen molar-refractivity contribution in [3.8, 4) is 0 Å². The second kappa shape index (κ2) is 2.99. The maximum absolute atomic E-state index is 9.27. The summed E-state index contributed by atoms with van der Waals surface area (Å²) in [6, 6.07) is 0. The molecule has 0 saturated carbocycles. The van der Waals surface area contributed by atoms with Crippen LogP contribution in [0.3, 0.4) is 0 Å². The van der Waals surface area contributed by atoms with Gasteiger partial charge in [0.1, 0.15) is 0 Å².